The van der Waals surface area contributed by atoms with Crippen molar-refractivity contribution in [3.8, 4) is 5.75 Å². The maximum atomic E-state index is 12.4. The molecule has 21 heavy (non-hydrogen) atoms. The number of hydrogen-bond acceptors (Lipinski definition) is 4. The predicted molar refractivity (Wildman–Crippen MR) is 78.3 cm³/mol. The number of ketones is 1. The van der Waals surface area contributed by atoms with Crippen LogP contribution in [0.4, 0.5) is 0 Å². The third-order valence-electron chi connectivity index (χ3n) is 4.87. The van der Waals surface area contributed by atoms with Gasteiger partial charge in [-0.25, -0.2) is 0 Å². The van der Waals surface area contributed by atoms with Crippen molar-refractivity contribution in [2.75, 3.05) is 21.0 Å². The fourth-order valence-electron chi connectivity index (χ4n) is 3.84. The van der Waals surface area contributed by atoms with Crippen LogP contribution in [0.3, 0.4) is 0 Å². The van der Waals surface area contributed by atoms with Crippen molar-refractivity contribution in [1.29, 1.82) is 0 Å². The van der Waals surface area contributed by atoms with Gasteiger partial charge in [0.05, 0.1) is 13.2 Å². The maximum absolute atomic E-state index is 12.4. The Hall–Kier alpha value is -1.39. The summed E-state index contributed by atoms with van der Waals surface area (Å²) in [5, 5.41) is 0. The highest BCUT2D eigenvalue weighted by Gasteiger charge is 2.47. The first kappa shape index (κ1) is 14.5. The molecule has 0 radical (unpaired) electrons. The lowest BCUT2D eigenvalue weighted by atomic mass is 9.75. The van der Waals surface area contributed by atoms with E-state index < -0.39 is 0 Å². The number of carbonyl (C=O) groups excluding carboxylic acids is 1. The number of rotatable bonds is 5. The second kappa shape index (κ2) is 6.16. The minimum absolute atomic E-state index is 0.0260. The zero-order valence-corrected chi connectivity index (χ0v) is 12.6. The van der Waals surface area contributed by atoms with Crippen LogP contribution >= 0.6 is 0 Å². The SMILES string of the molecule is COCO[C@@H]1C[C@H]2C[C@@H]1C(=O)C[C@@H]2c1cccc(OC)c1. The molecule has 0 spiro atoms. The zero-order valence-electron chi connectivity index (χ0n) is 12.6. The molecule has 0 saturated heterocycles. The summed E-state index contributed by atoms with van der Waals surface area (Å²) >= 11 is 0. The largest absolute Gasteiger partial charge is 0.497 e. The van der Waals surface area contributed by atoms with E-state index in [0.29, 0.717) is 24.0 Å². The number of methoxy groups -OCH3 is 2. The lowest BCUT2D eigenvalue weighted by Crippen LogP contribution is -2.29. The Bertz CT molecular complexity index is 513. The van der Waals surface area contributed by atoms with Gasteiger partial charge in [-0.05, 0) is 42.4 Å². The highest BCUT2D eigenvalue weighted by molar-refractivity contribution is 5.84. The minimum Gasteiger partial charge on any atom is -0.497 e. The van der Waals surface area contributed by atoms with Crippen LogP contribution in [0.5, 0.6) is 5.75 Å². The molecule has 1 aromatic carbocycles. The minimum atomic E-state index is 0.0260. The summed E-state index contributed by atoms with van der Waals surface area (Å²) < 4.78 is 16.0. The predicted octanol–water partition coefficient (Wildman–Crippen LogP) is 2.77. The quantitative estimate of drug-likeness (QED) is 0.782. The van der Waals surface area contributed by atoms with Crippen molar-refractivity contribution >= 4 is 5.78 Å². The van der Waals surface area contributed by atoms with E-state index in [0.717, 1.165) is 18.6 Å². The molecule has 0 unspecified atom stereocenters. The standard InChI is InChI=1S/C17H22O4/c1-19-10-21-17-8-12-7-15(17)16(18)9-14(12)11-4-3-5-13(6-11)20-2/h3-6,12,14-15,17H,7-10H2,1-2H3/t12-,14-,15-,17-/m1/s1. The Morgan fingerprint density at radius 2 is 2.05 bits per heavy atom. The molecule has 2 bridgehead atoms. The van der Waals surface area contributed by atoms with Crippen LogP contribution in [-0.2, 0) is 14.3 Å². The summed E-state index contributed by atoms with van der Waals surface area (Å²) in [5.74, 6) is 2.05. The Labute approximate surface area is 125 Å². The Morgan fingerprint density at radius 3 is 2.81 bits per heavy atom. The number of carbonyl (C=O) groups is 1. The van der Waals surface area contributed by atoms with Gasteiger partial charge in [-0.15, -0.1) is 0 Å². The van der Waals surface area contributed by atoms with E-state index in [1.54, 1.807) is 14.2 Å². The second-order valence-corrected chi connectivity index (χ2v) is 6.00. The maximum Gasteiger partial charge on any atom is 0.146 e. The highest BCUT2D eigenvalue weighted by Crippen LogP contribution is 2.49. The molecule has 0 heterocycles. The molecule has 2 fully saturated rings. The normalized spacial score (nSPS) is 31.4. The van der Waals surface area contributed by atoms with Gasteiger partial charge in [0.15, 0.2) is 0 Å². The van der Waals surface area contributed by atoms with Crippen molar-refractivity contribution in [1.82, 2.24) is 0 Å². The highest BCUT2D eigenvalue weighted by atomic mass is 16.7. The van der Waals surface area contributed by atoms with E-state index in [-0.39, 0.29) is 18.8 Å². The van der Waals surface area contributed by atoms with Gasteiger partial charge in [0.1, 0.15) is 18.3 Å². The van der Waals surface area contributed by atoms with Gasteiger partial charge < -0.3 is 14.2 Å². The molecular weight excluding hydrogens is 268 g/mol. The molecule has 3 rings (SSSR count). The van der Waals surface area contributed by atoms with Crippen molar-refractivity contribution in [3.63, 3.8) is 0 Å². The molecule has 2 saturated carbocycles. The number of ether oxygens (including phenoxy) is 3. The Kier molecular flexibility index (Phi) is 4.27. The van der Waals surface area contributed by atoms with Crippen molar-refractivity contribution in [2.45, 2.75) is 31.3 Å². The van der Waals surface area contributed by atoms with Gasteiger partial charge in [0.25, 0.3) is 0 Å². The topological polar surface area (TPSA) is 44.8 Å². The molecule has 1 aromatic rings. The average molecular weight is 290 g/mol. The van der Waals surface area contributed by atoms with Gasteiger partial charge in [-0.3, -0.25) is 4.79 Å². The number of benzene rings is 1. The summed E-state index contributed by atoms with van der Waals surface area (Å²) in [4.78, 5) is 12.4. The summed E-state index contributed by atoms with van der Waals surface area (Å²) in [6.07, 6.45) is 2.53. The molecule has 0 aromatic heterocycles. The van der Waals surface area contributed by atoms with Gasteiger partial charge >= 0.3 is 0 Å². The van der Waals surface area contributed by atoms with E-state index in [9.17, 15) is 4.79 Å². The van der Waals surface area contributed by atoms with E-state index in [4.69, 9.17) is 14.2 Å². The number of hydrogen-bond donors (Lipinski definition) is 0. The van der Waals surface area contributed by atoms with Crippen LogP contribution in [0.2, 0.25) is 0 Å². The van der Waals surface area contributed by atoms with E-state index in [1.165, 1.54) is 5.56 Å². The van der Waals surface area contributed by atoms with Crippen LogP contribution in [-0.4, -0.2) is 32.9 Å². The van der Waals surface area contributed by atoms with Gasteiger partial charge in [-0.2, -0.15) is 0 Å². The fraction of sp³-hybridized carbons (Fsp3) is 0.588. The molecule has 0 N–H and O–H groups in total. The molecule has 2 aliphatic rings. The molecule has 0 amide bonds. The Balaban J connectivity index is 1.78. The first-order valence-electron chi connectivity index (χ1n) is 7.50. The van der Waals surface area contributed by atoms with Crippen molar-refractivity contribution in [2.24, 2.45) is 11.8 Å². The van der Waals surface area contributed by atoms with Crippen LogP contribution in [0, 0.1) is 11.8 Å². The number of Topliss-reactive ketones (excluding diaryl/α,β-unsaturated/α-hetero) is 1. The number of fused-ring (bicyclic) bond motifs is 2. The van der Waals surface area contributed by atoms with Crippen LogP contribution in [0.1, 0.15) is 30.7 Å². The van der Waals surface area contributed by atoms with Crippen LogP contribution in [0.25, 0.3) is 0 Å². The molecule has 4 atom stereocenters. The van der Waals surface area contributed by atoms with E-state index in [2.05, 4.69) is 12.1 Å². The summed E-state index contributed by atoms with van der Waals surface area (Å²) in [5.41, 5.74) is 1.21. The molecule has 4 nitrogen and oxygen atoms in total. The third-order valence-corrected chi connectivity index (χ3v) is 4.87. The van der Waals surface area contributed by atoms with Gasteiger partial charge in [0, 0.05) is 19.4 Å². The lowest BCUT2D eigenvalue weighted by Gasteiger charge is -2.28. The second-order valence-electron chi connectivity index (χ2n) is 6.00. The molecule has 0 aliphatic heterocycles. The summed E-state index contributed by atoms with van der Waals surface area (Å²) in [6.45, 7) is 0.269. The molecule has 2 aliphatic carbocycles. The van der Waals surface area contributed by atoms with Gasteiger partial charge in [0.2, 0.25) is 0 Å². The van der Waals surface area contributed by atoms with Gasteiger partial charge in [-0.1, -0.05) is 12.1 Å². The molecule has 4 heteroatoms. The summed E-state index contributed by atoms with van der Waals surface area (Å²) in [7, 11) is 3.29. The zero-order chi connectivity index (χ0) is 14.8. The summed E-state index contributed by atoms with van der Waals surface area (Å²) in [6, 6.07) is 8.10. The Morgan fingerprint density at radius 1 is 1.19 bits per heavy atom. The lowest BCUT2D eigenvalue weighted by molar-refractivity contribution is -0.132. The monoisotopic (exact) mass is 290 g/mol. The van der Waals surface area contributed by atoms with E-state index >= 15 is 0 Å². The third kappa shape index (κ3) is 2.83. The molecule has 114 valence electrons. The van der Waals surface area contributed by atoms with Crippen LogP contribution < -0.4 is 4.74 Å². The first-order chi connectivity index (χ1) is 10.2. The van der Waals surface area contributed by atoms with Crippen LogP contribution in [0.15, 0.2) is 24.3 Å². The molecular formula is C17H22O4. The van der Waals surface area contributed by atoms with Crippen molar-refractivity contribution < 1.29 is 19.0 Å². The van der Waals surface area contributed by atoms with Crippen molar-refractivity contribution in [3.05, 3.63) is 29.8 Å². The van der Waals surface area contributed by atoms with E-state index in [1.807, 2.05) is 12.1 Å². The average Bonchev–Trinajstić information content (AvgIpc) is 2.89. The smallest absolute Gasteiger partial charge is 0.146 e. The fourth-order valence-corrected chi connectivity index (χ4v) is 3.84. The first-order valence-corrected chi connectivity index (χ1v) is 7.50.